The van der Waals surface area contributed by atoms with Crippen molar-refractivity contribution < 1.29 is 4.79 Å². The topological polar surface area (TPSA) is 71.2 Å². The van der Waals surface area contributed by atoms with Gasteiger partial charge in [0.1, 0.15) is 10.7 Å². The van der Waals surface area contributed by atoms with Gasteiger partial charge in [-0.05, 0) is 26.0 Å². The molecule has 0 atom stereocenters. The number of hydrogen-bond acceptors (Lipinski definition) is 6. The summed E-state index contributed by atoms with van der Waals surface area (Å²) in [5.74, 6) is 0.0801. The summed E-state index contributed by atoms with van der Waals surface area (Å²) < 4.78 is 0.709. The molecule has 8 heteroatoms. The molecule has 0 aliphatic heterocycles. The molecule has 2 heterocycles. The highest BCUT2D eigenvalue weighted by atomic mass is 35.5. The van der Waals surface area contributed by atoms with Crippen molar-refractivity contribution in [3.05, 3.63) is 26.2 Å². The maximum Gasteiger partial charge on any atom is 0.265 e. The van der Waals surface area contributed by atoms with Gasteiger partial charge in [0.2, 0.25) is 0 Å². The second-order valence-electron chi connectivity index (χ2n) is 4.27. The molecule has 2 aromatic heterocycles. The first-order chi connectivity index (χ1) is 10.0. The van der Waals surface area contributed by atoms with Gasteiger partial charge in [-0.3, -0.25) is 4.79 Å². The Labute approximate surface area is 136 Å². The van der Waals surface area contributed by atoms with Crippen molar-refractivity contribution in [2.24, 2.45) is 0 Å². The fourth-order valence-electron chi connectivity index (χ4n) is 1.81. The number of thiophene rings is 1. The molecule has 0 aromatic carbocycles. The Bertz CT molecular complexity index is 621. The summed E-state index contributed by atoms with van der Waals surface area (Å²) in [7, 11) is 0. The Morgan fingerprint density at radius 1 is 1.38 bits per heavy atom. The van der Waals surface area contributed by atoms with Crippen LogP contribution in [0.2, 0.25) is 4.34 Å². The molecule has 2 rings (SSSR count). The van der Waals surface area contributed by atoms with Crippen molar-refractivity contribution in [2.75, 3.05) is 23.7 Å². The molecule has 0 saturated carbocycles. The van der Waals surface area contributed by atoms with Gasteiger partial charge in [-0.2, -0.15) is 0 Å². The lowest BCUT2D eigenvalue weighted by Gasteiger charge is -2.16. The van der Waals surface area contributed by atoms with E-state index in [0.29, 0.717) is 15.8 Å². The number of hydrogen-bond donors (Lipinski definition) is 2. The van der Waals surface area contributed by atoms with E-state index in [1.54, 1.807) is 0 Å². The first kappa shape index (κ1) is 16.1. The van der Waals surface area contributed by atoms with E-state index in [1.807, 2.05) is 26.0 Å². The van der Waals surface area contributed by atoms with Crippen LogP contribution in [-0.2, 0) is 6.54 Å². The van der Waals surface area contributed by atoms with Gasteiger partial charge in [-0.25, -0.2) is 4.98 Å². The Morgan fingerprint density at radius 2 is 2.10 bits per heavy atom. The largest absolute Gasteiger partial charge is 0.382 e. The highest BCUT2D eigenvalue weighted by molar-refractivity contribution is 7.18. The molecule has 114 valence electrons. The highest BCUT2D eigenvalue weighted by Crippen LogP contribution is 2.28. The molecule has 0 unspecified atom stereocenters. The molecule has 0 radical (unpaired) electrons. The molecule has 0 aliphatic carbocycles. The first-order valence-electron chi connectivity index (χ1n) is 6.58. The molecule has 0 aliphatic rings. The van der Waals surface area contributed by atoms with Crippen molar-refractivity contribution in [3.63, 3.8) is 0 Å². The minimum Gasteiger partial charge on any atom is -0.382 e. The van der Waals surface area contributed by atoms with Crippen molar-refractivity contribution in [1.29, 1.82) is 0 Å². The Balaban J connectivity index is 2.05. The minimum atomic E-state index is -0.201. The number of nitrogen functional groups attached to an aromatic ring is 1. The molecular formula is C13H17ClN4OS2. The van der Waals surface area contributed by atoms with Gasteiger partial charge in [-0.15, -0.1) is 11.3 Å². The molecular weight excluding hydrogens is 328 g/mol. The van der Waals surface area contributed by atoms with Crippen LogP contribution >= 0.6 is 34.3 Å². The zero-order chi connectivity index (χ0) is 15.4. The second kappa shape index (κ2) is 7.11. The first-order valence-corrected chi connectivity index (χ1v) is 8.59. The summed E-state index contributed by atoms with van der Waals surface area (Å²) >= 11 is 8.63. The summed E-state index contributed by atoms with van der Waals surface area (Å²) in [6.07, 6.45) is 0. The van der Waals surface area contributed by atoms with Crippen molar-refractivity contribution in [3.8, 4) is 0 Å². The van der Waals surface area contributed by atoms with Gasteiger partial charge in [0.25, 0.3) is 5.91 Å². The monoisotopic (exact) mass is 344 g/mol. The van der Waals surface area contributed by atoms with E-state index in [1.165, 1.54) is 22.7 Å². The Kier molecular flexibility index (Phi) is 5.44. The summed E-state index contributed by atoms with van der Waals surface area (Å²) in [5, 5.41) is 3.62. The lowest BCUT2D eigenvalue weighted by molar-refractivity contribution is 0.0956. The molecule has 1 amide bonds. The smallest absolute Gasteiger partial charge is 0.265 e. The third-order valence-electron chi connectivity index (χ3n) is 2.93. The maximum absolute atomic E-state index is 12.2. The van der Waals surface area contributed by atoms with E-state index in [2.05, 4.69) is 15.2 Å². The summed E-state index contributed by atoms with van der Waals surface area (Å²) in [4.78, 5) is 20.0. The third-order valence-corrected chi connectivity index (χ3v) is 5.30. The van der Waals surface area contributed by atoms with Crippen LogP contribution in [0.1, 0.15) is 28.4 Å². The molecule has 0 spiro atoms. The number of aromatic nitrogens is 1. The van der Waals surface area contributed by atoms with Crippen molar-refractivity contribution in [1.82, 2.24) is 10.3 Å². The zero-order valence-electron chi connectivity index (χ0n) is 11.9. The van der Waals surface area contributed by atoms with Gasteiger partial charge < -0.3 is 16.0 Å². The standard InChI is InChI=1S/C13H17ClN4OS2/c1-3-18(4-2)13-17-11(15)10(21-13)12(19)16-7-8-5-6-9(14)20-8/h5-6H,3-4,7,15H2,1-2H3,(H,16,19). The predicted octanol–water partition coefficient (Wildman–Crippen LogP) is 3.22. The van der Waals surface area contributed by atoms with Gasteiger partial charge in [-0.1, -0.05) is 22.9 Å². The Morgan fingerprint density at radius 3 is 2.67 bits per heavy atom. The fraction of sp³-hybridized carbons (Fsp3) is 0.385. The number of rotatable bonds is 6. The number of carbonyl (C=O) groups excluding carboxylic acids is 1. The van der Waals surface area contributed by atoms with Gasteiger partial charge in [0, 0.05) is 18.0 Å². The predicted molar refractivity (Wildman–Crippen MR) is 90.6 cm³/mol. The summed E-state index contributed by atoms with van der Waals surface area (Å²) in [6.45, 7) is 6.19. The number of carbonyl (C=O) groups is 1. The molecule has 21 heavy (non-hydrogen) atoms. The molecule has 5 nitrogen and oxygen atoms in total. The van der Waals surface area contributed by atoms with E-state index in [4.69, 9.17) is 17.3 Å². The summed E-state index contributed by atoms with van der Waals surface area (Å²) in [5.41, 5.74) is 5.86. The van der Waals surface area contributed by atoms with Crippen LogP contribution in [0.5, 0.6) is 0 Å². The number of amides is 1. The van der Waals surface area contributed by atoms with E-state index in [0.717, 1.165) is 23.1 Å². The van der Waals surface area contributed by atoms with Crippen LogP contribution in [-0.4, -0.2) is 24.0 Å². The van der Waals surface area contributed by atoms with Crippen LogP contribution in [0.15, 0.2) is 12.1 Å². The zero-order valence-corrected chi connectivity index (χ0v) is 14.2. The lowest BCUT2D eigenvalue weighted by atomic mass is 10.4. The second-order valence-corrected chi connectivity index (χ2v) is 7.05. The van der Waals surface area contributed by atoms with E-state index < -0.39 is 0 Å². The lowest BCUT2D eigenvalue weighted by Crippen LogP contribution is -2.22. The number of halogens is 1. The molecule has 3 N–H and O–H groups in total. The van der Waals surface area contributed by atoms with Crippen LogP contribution in [0.25, 0.3) is 0 Å². The number of anilines is 2. The van der Waals surface area contributed by atoms with Crippen LogP contribution in [0, 0.1) is 0 Å². The number of thiazole rings is 1. The van der Waals surface area contributed by atoms with Crippen LogP contribution in [0.4, 0.5) is 10.9 Å². The average molecular weight is 345 g/mol. The average Bonchev–Trinajstić information content (AvgIpc) is 3.04. The van der Waals surface area contributed by atoms with Crippen LogP contribution in [0.3, 0.4) is 0 Å². The van der Waals surface area contributed by atoms with E-state index in [9.17, 15) is 4.79 Å². The Hall–Kier alpha value is -1.31. The number of nitrogens with zero attached hydrogens (tertiary/aromatic N) is 2. The maximum atomic E-state index is 12.2. The third kappa shape index (κ3) is 3.87. The fourth-order valence-corrected chi connectivity index (χ4v) is 3.86. The number of nitrogens with one attached hydrogen (secondary N) is 1. The van der Waals surface area contributed by atoms with Gasteiger partial charge >= 0.3 is 0 Å². The van der Waals surface area contributed by atoms with E-state index >= 15 is 0 Å². The molecule has 0 bridgehead atoms. The molecule has 2 aromatic rings. The van der Waals surface area contributed by atoms with E-state index in [-0.39, 0.29) is 11.7 Å². The molecule has 0 fully saturated rings. The highest BCUT2D eigenvalue weighted by Gasteiger charge is 2.18. The normalized spacial score (nSPS) is 10.6. The summed E-state index contributed by atoms with van der Waals surface area (Å²) in [6, 6.07) is 3.71. The SMILES string of the molecule is CCN(CC)c1nc(N)c(C(=O)NCc2ccc(Cl)s2)s1. The van der Waals surface area contributed by atoms with Crippen molar-refractivity contribution >= 4 is 51.1 Å². The quantitative estimate of drug-likeness (QED) is 0.844. The van der Waals surface area contributed by atoms with Crippen molar-refractivity contribution in [2.45, 2.75) is 20.4 Å². The minimum absolute atomic E-state index is 0.201. The molecule has 0 saturated heterocycles. The number of nitrogens with two attached hydrogens (primary N) is 1. The van der Waals surface area contributed by atoms with Gasteiger partial charge in [0.05, 0.1) is 10.9 Å². The van der Waals surface area contributed by atoms with Gasteiger partial charge in [0.15, 0.2) is 5.13 Å². The van der Waals surface area contributed by atoms with Crippen LogP contribution < -0.4 is 16.0 Å².